The van der Waals surface area contributed by atoms with E-state index >= 15 is 0 Å². The number of aliphatic hydroxyl groups is 1. The van der Waals surface area contributed by atoms with E-state index in [9.17, 15) is 4.79 Å². The van der Waals surface area contributed by atoms with Crippen LogP contribution in [-0.2, 0) is 0 Å². The smallest absolute Gasteiger partial charge is 0.252 e. The number of carbonyl (C=O) groups is 1. The number of nitrogens with one attached hydrogen (secondary N) is 1. The van der Waals surface area contributed by atoms with Gasteiger partial charge in [-0.15, -0.1) is 0 Å². The van der Waals surface area contributed by atoms with Crippen LogP contribution in [0.1, 0.15) is 50.0 Å². The van der Waals surface area contributed by atoms with Crippen molar-refractivity contribution in [2.45, 2.75) is 34.1 Å². The van der Waals surface area contributed by atoms with E-state index in [1.807, 2.05) is 0 Å². The third-order valence-corrected chi connectivity index (χ3v) is 3.74. The van der Waals surface area contributed by atoms with Crippen molar-refractivity contribution < 1.29 is 9.90 Å². The van der Waals surface area contributed by atoms with Crippen molar-refractivity contribution in [3.63, 3.8) is 0 Å². The van der Waals surface area contributed by atoms with Gasteiger partial charge in [0.2, 0.25) is 0 Å². The molecule has 0 saturated carbocycles. The third kappa shape index (κ3) is 5.57. The van der Waals surface area contributed by atoms with Crippen LogP contribution in [-0.4, -0.2) is 29.1 Å². The molecule has 0 atom stereocenters. The molecule has 0 aromatic carbocycles. The molecule has 114 valence electrons. The summed E-state index contributed by atoms with van der Waals surface area (Å²) in [6.07, 6.45) is 3.56. The highest BCUT2D eigenvalue weighted by Gasteiger charge is 2.23. The molecule has 1 aromatic heterocycles. The largest absolute Gasteiger partial charge is 0.395 e. The average molecular weight is 288 g/mol. The van der Waals surface area contributed by atoms with E-state index in [1.54, 1.807) is 12.3 Å². The highest BCUT2D eigenvalue weighted by Crippen LogP contribution is 2.24. The molecule has 0 radical (unpaired) electrons. The first-order valence-corrected chi connectivity index (χ1v) is 7.20. The zero-order chi connectivity index (χ0) is 15.9. The summed E-state index contributed by atoms with van der Waals surface area (Å²) in [6.45, 7) is 9.20. The average Bonchev–Trinajstić information content (AvgIpc) is 2.45. The molecule has 4 heteroatoms. The van der Waals surface area contributed by atoms with Crippen LogP contribution in [0.25, 0.3) is 0 Å². The van der Waals surface area contributed by atoms with Crippen LogP contribution in [0, 0.1) is 23.2 Å². The van der Waals surface area contributed by atoms with Crippen LogP contribution in [0.3, 0.4) is 0 Å². The fraction of sp³-hybridized carbons (Fsp3) is 0.529. The predicted molar refractivity (Wildman–Crippen MR) is 83.8 cm³/mol. The molecule has 1 heterocycles. The Hall–Kier alpha value is -1.86. The van der Waals surface area contributed by atoms with Gasteiger partial charge in [0.1, 0.15) is 0 Å². The molecule has 1 rings (SSSR count). The number of carbonyl (C=O) groups excluding carboxylic acids is 1. The van der Waals surface area contributed by atoms with Gasteiger partial charge in [0.15, 0.2) is 0 Å². The highest BCUT2D eigenvalue weighted by molar-refractivity contribution is 5.94. The van der Waals surface area contributed by atoms with E-state index in [4.69, 9.17) is 5.11 Å². The Morgan fingerprint density at radius 1 is 1.43 bits per heavy atom. The van der Waals surface area contributed by atoms with Crippen molar-refractivity contribution in [1.29, 1.82) is 0 Å². The standard InChI is InChI=1S/C17H24N2O2/c1-13(2)17(3,4)12-19-16(21)15-9-14(10-18-11-15)7-5-6-8-20/h9-11,13,20H,6,8,12H2,1-4H3,(H,19,21). The summed E-state index contributed by atoms with van der Waals surface area (Å²) in [5, 5.41) is 11.6. The first-order valence-electron chi connectivity index (χ1n) is 7.20. The summed E-state index contributed by atoms with van der Waals surface area (Å²) in [5.74, 6) is 6.04. The molecule has 0 spiro atoms. The topological polar surface area (TPSA) is 62.2 Å². The predicted octanol–water partition coefficient (Wildman–Crippen LogP) is 2.23. The molecule has 0 aliphatic heterocycles. The van der Waals surface area contributed by atoms with E-state index in [2.05, 4.69) is 49.8 Å². The van der Waals surface area contributed by atoms with Crippen molar-refractivity contribution in [3.05, 3.63) is 29.6 Å². The van der Waals surface area contributed by atoms with Crippen LogP contribution < -0.4 is 5.32 Å². The number of amides is 1. The second kappa shape index (κ2) is 7.80. The number of rotatable bonds is 5. The summed E-state index contributed by atoms with van der Waals surface area (Å²) < 4.78 is 0. The van der Waals surface area contributed by atoms with Crippen LogP contribution in [0.4, 0.5) is 0 Å². The number of hydrogen-bond donors (Lipinski definition) is 2. The Balaban J connectivity index is 2.71. The van der Waals surface area contributed by atoms with E-state index in [1.165, 1.54) is 6.20 Å². The summed E-state index contributed by atoms with van der Waals surface area (Å²) >= 11 is 0. The number of aromatic nitrogens is 1. The van der Waals surface area contributed by atoms with Gasteiger partial charge in [-0.05, 0) is 17.4 Å². The fourth-order valence-corrected chi connectivity index (χ4v) is 1.47. The van der Waals surface area contributed by atoms with Crippen LogP contribution in [0.5, 0.6) is 0 Å². The van der Waals surface area contributed by atoms with Gasteiger partial charge in [0.05, 0.1) is 12.2 Å². The summed E-state index contributed by atoms with van der Waals surface area (Å²) in [5.41, 5.74) is 1.23. The molecule has 0 fully saturated rings. The lowest BCUT2D eigenvalue weighted by Crippen LogP contribution is -2.37. The fourth-order valence-electron chi connectivity index (χ4n) is 1.47. The molecule has 0 unspecified atom stereocenters. The van der Waals surface area contributed by atoms with Gasteiger partial charge < -0.3 is 10.4 Å². The van der Waals surface area contributed by atoms with E-state index in [-0.39, 0.29) is 17.9 Å². The highest BCUT2D eigenvalue weighted by atomic mass is 16.2. The van der Waals surface area contributed by atoms with Gasteiger partial charge in [-0.25, -0.2) is 0 Å². The van der Waals surface area contributed by atoms with E-state index in [0.717, 1.165) is 0 Å². The maximum Gasteiger partial charge on any atom is 0.252 e. The normalized spacial score (nSPS) is 11.0. The molecule has 1 amide bonds. The van der Waals surface area contributed by atoms with Crippen molar-refractivity contribution in [2.24, 2.45) is 11.3 Å². The van der Waals surface area contributed by atoms with Gasteiger partial charge in [0, 0.05) is 30.9 Å². The lowest BCUT2D eigenvalue weighted by molar-refractivity contribution is 0.0924. The molecule has 0 aliphatic rings. The maximum atomic E-state index is 12.2. The maximum absolute atomic E-state index is 12.2. The molecular formula is C17H24N2O2. The number of pyridine rings is 1. The number of aliphatic hydroxyl groups excluding tert-OH is 1. The zero-order valence-corrected chi connectivity index (χ0v) is 13.2. The van der Waals surface area contributed by atoms with Crippen LogP contribution in [0.2, 0.25) is 0 Å². The molecular weight excluding hydrogens is 264 g/mol. The minimum atomic E-state index is -0.137. The van der Waals surface area contributed by atoms with Crippen LogP contribution in [0.15, 0.2) is 18.5 Å². The Morgan fingerprint density at radius 2 is 2.14 bits per heavy atom. The molecule has 4 nitrogen and oxygen atoms in total. The monoisotopic (exact) mass is 288 g/mol. The van der Waals surface area contributed by atoms with Crippen molar-refractivity contribution in [3.8, 4) is 11.8 Å². The molecule has 1 aromatic rings. The van der Waals surface area contributed by atoms with E-state index in [0.29, 0.717) is 30.0 Å². The Labute approximate surface area is 127 Å². The van der Waals surface area contributed by atoms with Gasteiger partial charge in [-0.2, -0.15) is 0 Å². The number of hydrogen-bond acceptors (Lipinski definition) is 3. The number of nitrogens with zero attached hydrogens (tertiary/aromatic N) is 1. The lowest BCUT2D eigenvalue weighted by Gasteiger charge is -2.29. The van der Waals surface area contributed by atoms with E-state index < -0.39 is 0 Å². The molecule has 0 bridgehead atoms. The molecule has 0 saturated heterocycles. The van der Waals surface area contributed by atoms with Gasteiger partial charge in [-0.3, -0.25) is 9.78 Å². The Morgan fingerprint density at radius 3 is 2.76 bits per heavy atom. The molecule has 0 aliphatic carbocycles. The molecule has 2 N–H and O–H groups in total. The zero-order valence-electron chi connectivity index (χ0n) is 13.2. The third-order valence-electron chi connectivity index (χ3n) is 3.74. The van der Waals surface area contributed by atoms with Crippen LogP contribution >= 0.6 is 0 Å². The first kappa shape index (κ1) is 17.2. The lowest BCUT2D eigenvalue weighted by atomic mass is 9.81. The minimum Gasteiger partial charge on any atom is -0.395 e. The Bertz CT molecular complexity index is 539. The second-order valence-corrected chi connectivity index (χ2v) is 6.06. The van der Waals surface area contributed by atoms with Gasteiger partial charge in [0.25, 0.3) is 5.91 Å². The molecule has 21 heavy (non-hydrogen) atoms. The second-order valence-electron chi connectivity index (χ2n) is 6.06. The summed E-state index contributed by atoms with van der Waals surface area (Å²) in [4.78, 5) is 16.2. The minimum absolute atomic E-state index is 0.0326. The quantitative estimate of drug-likeness (QED) is 0.817. The first-order chi connectivity index (χ1) is 9.86. The van der Waals surface area contributed by atoms with Crippen molar-refractivity contribution in [1.82, 2.24) is 10.3 Å². The van der Waals surface area contributed by atoms with Gasteiger partial charge in [-0.1, -0.05) is 39.5 Å². The summed E-state index contributed by atoms with van der Waals surface area (Å²) in [6, 6.07) is 1.72. The van der Waals surface area contributed by atoms with Crippen molar-refractivity contribution in [2.75, 3.05) is 13.2 Å². The van der Waals surface area contributed by atoms with Crippen molar-refractivity contribution >= 4 is 5.91 Å². The Kier molecular flexibility index (Phi) is 6.39. The van der Waals surface area contributed by atoms with Gasteiger partial charge >= 0.3 is 0 Å². The SMILES string of the molecule is CC(C)C(C)(C)CNC(=O)c1cncc(C#CCCO)c1. The summed E-state index contributed by atoms with van der Waals surface area (Å²) in [7, 11) is 0.